The fraction of sp³-hybridized carbons (Fsp3) is 0.154. The quantitative estimate of drug-likeness (QED) is 0.494. The van der Waals surface area contributed by atoms with Crippen LogP contribution in [0, 0.1) is 6.92 Å². The van der Waals surface area contributed by atoms with E-state index in [1.165, 1.54) is 6.21 Å². The maximum absolute atomic E-state index is 12.4. The van der Waals surface area contributed by atoms with Gasteiger partial charge in [0.1, 0.15) is 0 Å². The maximum atomic E-state index is 12.4. The van der Waals surface area contributed by atoms with E-state index in [1.807, 2.05) is 44.3 Å². The number of para-hydroxylation sites is 1. The minimum absolute atomic E-state index is 0.0539. The van der Waals surface area contributed by atoms with Gasteiger partial charge in [0.25, 0.3) is 5.56 Å². The second kappa shape index (κ2) is 5.70. The molecule has 7 heteroatoms. The highest BCUT2D eigenvalue weighted by Gasteiger charge is 2.14. The lowest BCUT2D eigenvalue weighted by atomic mass is 10.3. The second-order valence-corrected chi connectivity index (χ2v) is 4.65. The van der Waals surface area contributed by atoms with Gasteiger partial charge in [-0.05, 0) is 31.3 Å². The third-order valence-corrected chi connectivity index (χ3v) is 3.06. The van der Waals surface area contributed by atoms with Crippen LogP contribution in [0.5, 0.6) is 0 Å². The Morgan fingerprint density at radius 2 is 2.05 bits per heavy atom. The first kappa shape index (κ1) is 14.0. The van der Waals surface area contributed by atoms with Gasteiger partial charge < -0.3 is 5.73 Å². The van der Waals surface area contributed by atoms with E-state index in [1.54, 1.807) is 9.36 Å². The Bertz CT molecular complexity index is 714. The lowest BCUT2D eigenvalue weighted by Gasteiger charge is -2.07. The van der Waals surface area contributed by atoms with Crippen molar-refractivity contribution in [1.82, 2.24) is 14.8 Å². The van der Waals surface area contributed by atoms with Gasteiger partial charge in [0, 0.05) is 12.7 Å². The lowest BCUT2D eigenvalue weighted by Crippen LogP contribution is -2.25. The molecule has 3 N–H and O–H groups in total. The van der Waals surface area contributed by atoms with Crippen LogP contribution < -0.4 is 16.7 Å². The van der Waals surface area contributed by atoms with Crippen molar-refractivity contribution < 1.29 is 0 Å². The molecule has 1 aromatic heterocycles. The number of nitrogens with one attached hydrogen (secondary N) is 1. The van der Waals surface area contributed by atoms with Gasteiger partial charge in [-0.2, -0.15) is 5.10 Å². The molecule has 0 bridgehead atoms. The van der Waals surface area contributed by atoms with E-state index in [0.29, 0.717) is 5.56 Å². The number of rotatable bonds is 3. The molecule has 0 unspecified atom stereocenters. The summed E-state index contributed by atoms with van der Waals surface area (Å²) in [5, 5.41) is 3.90. The summed E-state index contributed by atoms with van der Waals surface area (Å²) in [6, 6.07) is 9.40. The zero-order valence-corrected chi connectivity index (χ0v) is 12.0. The minimum atomic E-state index is -0.148. The molecule has 1 heterocycles. The van der Waals surface area contributed by atoms with E-state index >= 15 is 0 Å². The van der Waals surface area contributed by atoms with Crippen molar-refractivity contribution in [2.45, 2.75) is 6.92 Å². The Balaban J connectivity index is 2.50. The molecule has 0 radical (unpaired) electrons. The van der Waals surface area contributed by atoms with Crippen LogP contribution in [0.2, 0.25) is 0 Å². The summed E-state index contributed by atoms with van der Waals surface area (Å²) in [6.07, 6.45) is 1.43. The molecule has 2 aromatic rings. The van der Waals surface area contributed by atoms with Gasteiger partial charge in [-0.3, -0.25) is 14.9 Å². The molecule has 6 nitrogen and oxygen atoms in total. The highest BCUT2D eigenvalue weighted by molar-refractivity contribution is 7.80. The standard InChI is InChI=1S/C13H15N5OS/c1-9-11(8-15-16-13(14)20)12(19)18(17(9)2)10-6-4-3-5-7-10/h3-8H,1-2H3,(H3,14,16,20)/b15-8+. The van der Waals surface area contributed by atoms with Gasteiger partial charge >= 0.3 is 0 Å². The van der Waals surface area contributed by atoms with Crippen molar-refractivity contribution in [3.05, 3.63) is 51.9 Å². The fourth-order valence-electron chi connectivity index (χ4n) is 1.90. The molecular weight excluding hydrogens is 274 g/mol. The number of nitrogens with two attached hydrogens (primary N) is 1. The predicted molar refractivity (Wildman–Crippen MR) is 83.3 cm³/mol. The first-order valence-corrected chi connectivity index (χ1v) is 6.35. The zero-order chi connectivity index (χ0) is 14.7. The number of benzene rings is 1. The molecule has 0 atom stereocenters. The summed E-state index contributed by atoms with van der Waals surface area (Å²) in [4.78, 5) is 12.4. The Labute approximate surface area is 121 Å². The van der Waals surface area contributed by atoms with Gasteiger partial charge in [0.15, 0.2) is 5.11 Å². The summed E-state index contributed by atoms with van der Waals surface area (Å²) >= 11 is 4.65. The SMILES string of the molecule is Cc1c(/C=N/NC(N)=S)c(=O)n(-c2ccccc2)n1C. The lowest BCUT2D eigenvalue weighted by molar-refractivity contribution is 0.630. The zero-order valence-electron chi connectivity index (χ0n) is 11.2. The monoisotopic (exact) mass is 289 g/mol. The van der Waals surface area contributed by atoms with Crippen molar-refractivity contribution in [3.8, 4) is 5.69 Å². The molecule has 1 aromatic carbocycles. The van der Waals surface area contributed by atoms with Gasteiger partial charge in [-0.1, -0.05) is 18.2 Å². The molecule has 0 aliphatic carbocycles. The molecule has 104 valence electrons. The second-order valence-electron chi connectivity index (χ2n) is 4.21. The number of hydrazone groups is 1. The molecule has 0 fully saturated rings. The Hall–Kier alpha value is -2.41. The van der Waals surface area contributed by atoms with Gasteiger partial charge in [-0.15, -0.1) is 0 Å². The van der Waals surface area contributed by atoms with E-state index in [2.05, 4.69) is 22.7 Å². The number of aromatic nitrogens is 2. The summed E-state index contributed by atoms with van der Waals surface area (Å²) in [6.45, 7) is 1.85. The Kier molecular flexibility index (Phi) is 3.99. The van der Waals surface area contributed by atoms with Crippen LogP contribution in [0.1, 0.15) is 11.3 Å². The minimum Gasteiger partial charge on any atom is -0.375 e. The fourth-order valence-corrected chi connectivity index (χ4v) is 1.95. The van der Waals surface area contributed by atoms with Crippen molar-refractivity contribution >= 4 is 23.5 Å². The van der Waals surface area contributed by atoms with Crippen LogP contribution in [0.25, 0.3) is 5.69 Å². The first-order valence-electron chi connectivity index (χ1n) is 5.95. The van der Waals surface area contributed by atoms with E-state index in [0.717, 1.165) is 11.4 Å². The van der Waals surface area contributed by atoms with Crippen LogP contribution in [-0.4, -0.2) is 20.7 Å². The highest BCUT2D eigenvalue weighted by Crippen LogP contribution is 2.08. The molecule has 2 rings (SSSR count). The van der Waals surface area contributed by atoms with Crippen molar-refractivity contribution in [2.24, 2.45) is 17.9 Å². The summed E-state index contributed by atoms with van der Waals surface area (Å²) < 4.78 is 3.36. The molecule has 0 saturated heterocycles. The average molecular weight is 289 g/mol. The summed E-state index contributed by atoms with van der Waals surface area (Å²) in [7, 11) is 1.82. The molecular formula is C13H15N5OS. The normalized spacial score (nSPS) is 10.9. The highest BCUT2D eigenvalue weighted by atomic mass is 32.1. The van der Waals surface area contributed by atoms with Crippen LogP contribution in [0.15, 0.2) is 40.2 Å². The molecule has 0 aliphatic rings. The largest absolute Gasteiger partial charge is 0.375 e. The van der Waals surface area contributed by atoms with E-state index in [-0.39, 0.29) is 10.7 Å². The van der Waals surface area contributed by atoms with Crippen LogP contribution in [-0.2, 0) is 7.05 Å². The van der Waals surface area contributed by atoms with E-state index in [9.17, 15) is 4.79 Å². The summed E-state index contributed by atoms with van der Waals surface area (Å²) in [5.41, 5.74) is 9.65. The van der Waals surface area contributed by atoms with Crippen LogP contribution >= 0.6 is 12.2 Å². The number of hydrogen-bond acceptors (Lipinski definition) is 3. The van der Waals surface area contributed by atoms with Crippen LogP contribution in [0.3, 0.4) is 0 Å². The molecule has 20 heavy (non-hydrogen) atoms. The number of thiocarbonyl (C=S) groups is 1. The predicted octanol–water partition coefficient (Wildman–Crippen LogP) is 0.652. The maximum Gasteiger partial charge on any atom is 0.280 e. The summed E-state index contributed by atoms with van der Waals surface area (Å²) in [5.74, 6) is 0. The Morgan fingerprint density at radius 1 is 1.40 bits per heavy atom. The van der Waals surface area contributed by atoms with E-state index in [4.69, 9.17) is 5.73 Å². The smallest absolute Gasteiger partial charge is 0.280 e. The Morgan fingerprint density at radius 3 is 2.65 bits per heavy atom. The van der Waals surface area contributed by atoms with Crippen molar-refractivity contribution in [3.63, 3.8) is 0 Å². The first-order chi connectivity index (χ1) is 9.52. The molecule has 0 amide bonds. The van der Waals surface area contributed by atoms with Gasteiger partial charge in [-0.25, -0.2) is 4.68 Å². The third kappa shape index (κ3) is 2.62. The van der Waals surface area contributed by atoms with E-state index < -0.39 is 0 Å². The van der Waals surface area contributed by atoms with Crippen LogP contribution in [0.4, 0.5) is 0 Å². The third-order valence-electron chi connectivity index (χ3n) is 2.97. The van der Waals surface area contributed by atoms with Crippen molar-refractivity contribution in [2.75, 3.05) is 0 Å². The van der Waals surface area contributed by atoms with Gasteiger partial charge in [0.05, 0.1) is 17.5 Å². The average Bonchev–Trinajstić information content (AvgIpc) is 2.63. The molecule has 0 spiro atoms. The van der Waals surface area contributed by atoms with Crippen molar-refractivity contribution in [1.29, 1.82) is 0 Å². The number of hydrogen-bond donors (Lipinski definition) is 2. The number of nitrogens with zero attached hydrogens (tertiary/aromatic N) is 3. The topological polar surface area (TPSA) is 77.3 Å². The van der Waals surface area contributed by atoms with Gasteiger partial charge in [0.2, 0.25) is 0 Å². The molecule has 0 saturated carbocycles. The molecule has 0 aliphatic heterocycles.